The topological polar surface area (TPSA) is 46.5 Å². The Morgan fingerprint density at radius 3 is 2.67 bits per heavy atom. The van der Waals surface area contributed by atoms with Gasteiger partial charge in [0.2, 0.25) is 0 Å². The molecule has 0 aromatic rings. The van der Waals surface area contributed by atoms with E-state index < -0.39 is 7.60 Å². The van der Waals surface area contributed by atoms with Crippen molar-refractivity contribution in [3.8, 4) is 0 Å². The summed E-state index contributed by atoms with van der Waals surface area (Å²) in [6, 6.07) is 0. The van der Waals surface area contributed by atoms with E-state index in [1.165, 1.54) is 0 Å². The number of hydrogen-bond donors (Lipinski definition) is 1. The van der Waals surface area contributed by atoms with Crippen molar-refractivity contribution in [2.75, 3.05) is 12.8 Å². The van der Waals surface area contributed by atoms with Crippen LogP contribution in [-0.2, 0) is 9.09 Å². The fourth-order valence-corrected chi connectivity index (χ4v) is 1.40. The molecule has 0 amide bonds. The highest BCUT2D eigenvalue weighted by atomic mass is 31.2. The summed E-state index contributed by atoms with van der Waals surface area (Å²) in [4.78, 5) is 8.81. The van der Waals surface area contributed by atoms with Gasteiger partial charge in [-0.2, -0.15) is 0 Å². The molecule has 0 saturated carbocycles. The average molecular weight is 151 g/mol. The summed E-state index contributed by atoms with van der Waals surface area (Å²) in [5, 5.41) is 0. The highest BCUT2D eigenvalue weighted by molar-refractivity contribution is 7.52. The van der Waals surface area contributed by atoms with Crippen LogP contribution >= 0.6 is 7.60 Å². The van der Waals surface area contributed by atoms with E-state index >= 15 is 0 Å². The molecule has 0 fully saturated rings. The predicted molar refractivity (Wildman–Crippen MR) is 36.3 cm³/mol. The van der Waals surface area contributed by atoms with Gasteiger partial charge in [0.25, 0.3) is 0 Å². The van der Waals surface area contributed by atoms with E-state index in [-0.39, 0.29) is 12.8 Å². The molecule has 0 aromatic carbocycles. The van der Waals surface area contributed by atoms with Crippen molar-refractivity contribution in [3.05, 3.63) is 6.92 Å². The maximum Gasteiger partial charge on any atom is 0.328 e. The minimum atomic E-state index is -3.26. The number of rotatable bonds is 4. The lowest BCUT2D eigenvalue weighted by Gasteiger charge is -2.07. The van der Waals surface area contributed by atoms with Crippen molar-refractivity contribution in [2.45, 2.75) is 13.3 Å². The third kappa shape index (κ3) is 4.64. The molecule has 0 rings (SSSR count). The van der Waals surface area contributed by atoms with E-state index in [1.54, 1.807) is 6.92 Å². The summed E-state index contributed by atoms with van der Waals surface area (Å²) in [7, 11) is -3.26. The zero-order valence-electron chi connectivity index (χ0n) is 5.54. The second kappa shape index (κ2) is 4.04. The van der Waals surface area contributed by atoms with Crippen LogP contribution in [0.1, 0.15) is 13.3 Å². The summed E-state index contributed by atoms with van der Waals surface area (Å²) in [5.41, 5.74) is 0. The Balaban J connectivity index is 3.58. The third-order valence-corrected chi connectivity index (χ3v) is 2.31. The monoisotopic (exact) mass is 151 g/mol. The summed E-state index contributed by atoms with van der Waals surface area (Å²) >= 11 is 0. The van der Waals surface area contributed by atoms with Crippen molar-refractivity contribution in [3.63, 3.8) is 0 Å². The lowest BCUT2D eigenvalue weighted by molar-refractivity contribution is 0.274. The van der Waals surface area contributed by atoms with Gasteiger partial charge in [0.1, 0.15) is 0 Å². The van der Waals surface area contributed by atoms with Gasteiger partial charge in [0.15, 0.2) is 0 Å². The van der Waals surface area contributed by atoms with Gasteiger partial charge in [-0.15, -0.1) is 0 Å². The van der Waals surface area contributed by atoms with E-state index in [0.717, 1.165) is 0 Å². The van der Waals surface area contributed by atoms with Crippen LogP contribution in [-0.4, -0.2) is 17.7 Å². The molecule has 9 heavy (non-hydrogen) atoms. The van der Waals surface area contributed by atoms with Gasteiger partial charge in [0, 0.05) is 6.16 Å². The number of hydrogen-bond acceptors (Lipinski definition) is 2. The Morgan fingerprint density at radius 2 is 2.33 bits per heavy atom. The molecule has 1 unspecified atom stereocenters. The van der Waals surface area contributed by atoms with Crippen LogP contribution in [0, 0.1) is 6.92 Å². The molecule has 0 aliphatic carbocycles. The molecule has 55 valence electrons. The molecule has 0 saturated heterocycles. The Kier molecular flexibility index (Phi) is 4.11. The molecule has 1 N–H and O–H groups in total. The van der Waals surface area contributed by atoms with Crippen LogP contribution in [0.3, 0.4) is 0 Å². The minimum absolute atomic E-state index is 0.154. The lowest BCUT2D eigenvalue weighted by Crippen LogP contribution is -1.92. The molecule has 0 aliphatic heterocycles. The largest absolute Gasteiger partial charge is 0.328 e. The fourth-order valence-electron chi connectivity index (χ4n) is 0.466. The second-order valence-electron chi connectivity index (χ2n) is 1.63. The van der Waals surface area contributed by atoms with E-state index in [4.69, 9.17) is 4.89 Å². The molecule has 0 aliphatic rings. The molecule has 1 radical (unpaired) electrons. The van der Waals surface area contributed by atoms with Crippen molar-refractivity contribution in [2.24, 2.45) is 0 Å². The highest BCUT2D eigenvalue weighted by Crippen LogP contribution is 2.41. The van der Waals surface area contributed by atoms with Gasteiger partial charge < -0.3 is 9.42 Å². The van der Waals surface area contributed by atoms with E-state index in [1.807, 2.05) is 0 Å². The SMILES string of the molecule is [CH2]CCP(=O)(O)OCC. The Bertz CT molecular complexity index is 103. The molecule has 0 aromatic heterocycles. The molecule has 0 spiro atoms. The third-order valence-electron chi connectivity index (χ3n) is 0.772. The van der Waals surface area contributed by atoms with E-state index in [9.17, 15) is 4.57 Å². The first-order chi connectivity index (χ1) is 4.12. The van der Waals surface area contributed by atoms with Crippen molar-refractivity contribution >= 4 is 7.60 Å². The van der Waals surface area contributed by atoms with Gasteiger partial charge in [-0.05, 0) is 13.3 Å². The van der Waals surface area contributed by atoms with Crippen LogP contribution in [0.5, 0.6) is 0 Å². The van der Waals surface area contributed by atoms with Crippen molar-refractivity contribution < 1.29 is 14.0 Å². The van der Waals surface area contributed by atoms with E-state index in [0.29, 0.717) is 6.42 Å². The quantitative estimate of drug-likeness (QED) is 0.618. The highest BCUT2D eigenvalue weighted by Gasteiger charge is 2.15. The summed E-state index contributed by atoms with van der Waals surface area (Å²) < 4.78 is 15.2. The van der Waals surface area contributed by atoms with Crippen LogP contribution < -0.4 is 0 Å². The van der Waals surface area contributed by atoms with Gasteiger partial charge in [-0.25, -0.2) is 0 Å². The molecule has 0 heterocycles. The first-order valence-electron chi connectivity index (χ1n) is 2.88. The smallest absolute Gasteiger partial charge is 0.324 e. The Morgan fingerprint density at radius 1 is 1.78 bits per heavy atom. The van der Waals surface area contributed by atoms with Crippen molar-refractivity contribution in [1.29, 1.82) is 0 Å². The van der Waals surface area contributed by atoms with Gasteiger partial charge in [-0.3, -0.25) is 4.57 Å². The zero-order valence-corrected chi connectivity index (χ0v) is 6.43. The van der Waals surface area contributed by atoms with Crippen LogP contribution in [0.4, 0.5) is 0 Å². The van der Waals surface area contributed by atoms with Crippen LogP contribution in [0.25, 0.3) is 0 Å². The first-order valence-corrected chi connectivity index (χ1v) is 4.64. The molecule has 0 bridgehead atoms. The molecule has 3 nitrogen and oxygen atoms in total. The summed E-state index contributed by atoms with van der Waals surface area (Å²) in [6.45, 7) is 5.41. The predicted octanol–water partition coefficient (Wildman–Crippen LogP) is 1.43. The molecular weight excluding hydrogens is 139 g/mol. The van der Waals surface area contributed by atoms with Crippen LogP contribution in [0.2, 0.25) is 0 Å². The normalized spacial score (nSPS) is 17.2. The Hall–Kier alpha value is 0.150. The van der Waals surface area contributed by atoms with Gasteiger partial charge >= 0.3 is 7.60 Å². The molecule has 4 heteroatoms. The second-order valence-corrected chi connectivity index (χ2v) is 3.61. The maximum absolute atomic E-state index is 10.7. The first kappa shape index (κ1) is 9.15. The molecular formula is C5H12O3P. The summed E-state index contributed by atoms with van der Waals surface area (Å²) in [6.07, 6.45) is 0.592. The lowest BCUT2D eigenvalue weighted by atomic mass is 10.6. The zero-order chi connectivity index (χ0) is 7.33. The van der Waals surface area contributed by atoms with E-state index in [2.05, 4.69) is 11.4 Å². The Labute approximate surface area is 55.6 Å². The van der Waals surface area contributed by atoms with Gasteiger partial charge in [-0.1, -0.05) is 6.92 Å². The summed E-state index contributed by atoms with van der Waals surface area (Å²) in [5.74, 6) is 0. The minimum Gasteiger partial charge on any atom is -0.324 e. The standard InChI is InChI=1S/C5H12O3P/c1-3-5-9(6,7)8-4-2/h1,3-5H2,2H3,(H,6,7). The van der Waals surface area contributed by atoms with Crippen LogP contribution in [0.15, 0.2) is 0 Å². The maximum atomic E-state index is 10.7. The average Bonchev–Trinajstić information content (AvgIpc) is 1.64. The molecule has 1 atom stereocenters. The fraction of sp³-hybridized carbons (Fsp3) is 0.800. The van der Waals surface area contributed by atoms with Gasteiger partial charge in [0.05, 0.1) is 6.61 Å². The van der Waals surface area contributed by atoms with Crippen molar-refractivity contribution in [1.82, 2.24) is 0 Å².